The van der Waals surface area contributed by atoms with Crippen molar-refractivity contribution in [2.24, 2.45) is 5.92 Å². The number of aromatic nitrogens is 2. The van der Waals surface area contributed by atoms with E-state index in [4.69, 9.17) is 0 Å². The summed E-state index contributed by atoms with van der Waals surface area (Å²) in [4.78, 5) is 25.8. The molecule has 2 aromatic carbocycles. The first kappa shape index (κ1) is 14.4. The molecule has 0 aliphatic heterocycles. The van der Waals surface area contributed by atoms with Crippen molar-refractivity contribution in [3.05, 3.63) is 70.7 Å². The molecule has 1 aliphatic rings. The molecule has 6 heteroatoms. The minimum absolute atomic E-state index is 0.0268. The van der Waals surface area contributed by atoms with Crippen LogP contribution in [0.4, 0.5) is 5.69 Å². The molecule has 1 fully saturated rings. The summed E-state index contributed by atoms with van der Waals surface area (Å²) in [5.74, 6) is 0.142. The number of H-pyrrole nitrogens is 1. The number of hydrogen-bond acceptors (Lipinski definition) is 4. The number of nitrogens with one attached hydrogen (secondary N) is 2. The summed E-state index contributed by atoms with van der Waals surface area (Å²) >= 11 is 0. The molecule has 1 amide bonds. The van der Waals surface area contributed by atoms with Crippen molar-refractivity contribution in [3.8, 4) is 11.4 Å². The van der Waals surface area contributed by atoms with Gasteiger partial charge in [-0.2, -0.15) is 0 Å². The van der Waals surface area contributed by atoms with E-state index >= 15 is 0 Å². The van der Waals surface area contributed by atoms with Gasteiger partial charge in [0.05, 0.1) is 0 Å². The smallest absolute Gasteiger partial charge is 0.326 e. The number of hydrogen-bond donors (Lipinski definition) is 2. The molecule has 24 heavy (non-hydrogen) atoms. The van der Waals surface area contributed by atoms with Gasteiger partial charge < -0.3 is 5.32 Å². The minimum Gasteiger partial charge on any atom is -0.326 e. The normalized spacial score (nSPS) is 19.0. The number of aromatic amines is 1. The molecule has 120 valence electrons. The highest BCUT2D eigenvalue weighted by Crippen LogP contribution is 2.47. The van der Waals surface area contributed by atoms with E-state index in [1.807, 2.05) is 18.2 Å². The van der Waals surface area contributed by atoms with Crippen molar-refractivity contribution < 1.29 is 9.32 Å². The largest absolute Gasteiger partial charge is 0.439 e. The van der Waals surface area contributed by atoms with E-state index in [1.54, 1.807) is 24.3 Å². The number of rotatable bonds is 4. The Morgan fingerprint density at radius 1 is 1.12 bits per heavy atom. The number of benzene rings is 2. The Morgan fingerprint density at radius 3 is 2.54 bits per heavy atom. The molecule has 2 atom stereocenters. The van der Waals surface area contributed by atoms with E-state index in [-0.39, 0.29) is 11.8 Å². The molecule has 1 aromatic heterocycles. The third-order valence-electron chi connectivity index (χ3n) is 4.22. The van der Waals surface area contributed by atoms with Crippen LogP contribution in [0.2, 0.25) is 0 Å². The lowest BCUT2D eigenvalue weighted by Gasteiger charge is -2.05. The van der Waals surface area contributed by atoms with Crippen LogP contribution < -0.4 is 11.1 Å². The van der Waals surface area contributed by atoms with Crippen molar-refractivity contribution in [1.29, 1.82) is 0 Å². The Labute approximate surface area is 137 Å². The van der Waals surface area contributed by atoms with Crippen LogP contribution in [-0.2, 0) is 4.79 Å². The Bertz CT molecular complexity index is 912. The minimum atomic E-state index is -0.594. The Balaban J connectivity index is 1.41. The molecule has 3 aromatic rings. The summed E-state index contributed by atoms with van der Waals surface area (Å²) in [7, 11) is 0. The summed E-state index contributed by atoms with van der Waals surface area (Å²) in [6.07, 6.45) is 0.883. The maximum atomic E-state index is 12.3. The maximum Gasteiger partial charge on any atom is 0.439 e. The summed E-state index contributed by atoms with van der Waals surface area (Å²) in [5, 5.41) is 6.56. The monoisotopic (exact) mass is 321 g/mol. The zero-order chi connectivity index (χ0) is 16.5. The predicted octanol–water partition coefficient (Wildman–Crippen LogP) is 2.77. The average Bonchev–Trinajstić information content (AvgIpc) is 3.31. The fraction of sp³-hybridized carbons (Fsp3) is 0.167. The molecule has 1 saturated carbocycles. The molecule has 0 unspecified atom stereocenters. The molecule has 1 aliphatic carbocycles. The van der Waals surface area contributed by atoms with Crippen LogP contribution in [0.15, 0.2) is 63.9 Å². The average molecular weight is 321 g/mol. The second-order valence-corrected chi connectivity index (χ2v) is 5.87. The van der Waals surface area contributed by atoms with Crippen molar-refractivity contribution in [2.45, 2.75) is 12.3 Å². The highest BCUT2D eigenvalue weighted by molar-refractivity contribution is 5.95. The molecule has 0 spiro atoms. The van der Waals surface area contributed by atoms with Crippen LogP contribution in [0.25, 0.3) is 11.4 Å². The van der Waals surface area contributed by atoms with Gasteiger partial charge in [-0.25, -0.2) is 4.79 Å². The van der Waals surface area contributed by atoms with Gasteiger partial charge in [-0.3, -0.25) is 14.3 Å². The first-order chi connectivity index (χ1) is 11.7. The van der Waals surface area contributed by atoms with Gasteiger partial charge in [-0.1, -0.05) is 35.5 Å². The van der Waals surface area contributed by atoms with Crippen LogP contribution in [0.3, 0.4) is 0 Å². The number of carbonyl (C=O) groups is 1. The van der Waals surface area contributed by atoms with Crippen molar-refractivity contribution in [3.63, 3.8) is 0 Å². The lowest BCUT2D eigenvalue weighted by Crippen LogP contribution is -2.14. The number of amides is 1. The van der Waals surface area contributed by atoms with Crippen LogP contribution in [0.1, 0.15) is 17.9 Å². The Kier molecular flexibility index (Phi) is 3.49. The first-order valence-corrected chi connectivity index (χ1v) is 7.73. The number of nitrogens with zero attached hydrogens (tertiary/aromatic N) is 1. The molecular formula is C18H15N3O3. The topological polar surface area (TPSA) is 88.0 Å². The van der Waals surface area contributed by atoms with Crippen LogP contribution in [-0.4, -0.2) is 16.0 Å². The fourth-order valence-electron chi connectivity index (χ4n) is 2.85. The van der Waals surface area contributed by atoms with Crippen LogP contribution in [0.5, 0.6) is 0 Å². The first-order valence-electron chi connectivity index (χ1n) is 7.73. The van der Waals surface area contributed by atoms with Gasteiger partial charge in [0.15, 0.2) is 5.82 Å². The van der Waals surface area contributed by atoms with E-state index in [0.717, 1.165) is 6.42 Å². The highest BCUT2D eigenvalue weighted by atomic mass is 16.5. The van der Waals surface area contributed by atoms with E-state index in [1.165, 1.54) is 5.56 Å². The number of carbonyl (C=O) groups excluding carboxylic acids is 1. The summed E-state index contributed by atoms with van der Waals surface area (Å²) < 4.78 is 4.48. The zero-order valence-corrected chi connectivity index (χ0v) is 12.7. The Hall–Kier alpha value is -3.15. The molecule has 1 heterocycles. The summed E-state index contributed by atoms with van der Waals surface area (Å²) in [6, 6.07) is 17.2. The van der Waals surface area contributed by atoms with E-state index in [9.17, 15) is 9.59 Å². The van der Waals surface area contributed by atoms with Crippen molar-refractivity contribution in [2.75, 3.05) is 5.32 Å². The lowest BCUT2D eigenvalue weighted by atomic mass is 10.1. The highest BCUT2D eigenvalue weighted by Gasteiger charge is 2.43. The predicted molar refractivity (Wildman–Crippen MR) is 88.5 cm³/mol. The van der Waals surface area contributed by atoms with Gasteiger partial charge in [0.2, 0.25) is 5.91 Å². The van der Waals surface area contributed by atoms with Crippen LogP contribution >= 0.6 is 0 Å². The second-order valence-electron chi connectivity index (χ2n) is 5.87. The van der Waals surface area contributed by atoms with Gasteiger partial charge in [0.25, 0.3) is 0 Å². The standard InChI is InChI=1S/C18H15N3O3/c22-17(15-10-14(15)11-4-2-1-3-5-11)19-13-8-6-12(7-9-13)16-20-18(23)24-21-16/h1-9,14-15H,10H2,(H,19,22)(H,20,21,23)/t14-,15-/m1/s1. The third-order valence-corrected chi connectivity index (χ3v) is 4.22. The van der Waals surface area contributed by atoms with Gasteiger partial charge in [0.1, 0.15) is 0 Å². The summed E-state index contributed by atoms with van der Waals surface area (Å²) in [5.41, 5.74) is 2.64. The van der Waals surface area contributed by atoms with E-state index < -0.39 is 5.76 Å². The van der Waals surface area contributed by atoms with E-state index in [2.05, 4.69) is 32.1 Å². The van der Waals surface area contributed by atoms with Gasteiger partial charge in [-0.05, 0) is 42.2 Å². The SMILES string of the molecule is O=C(Nc1ccc(-c2noc(=O)[nH]2)cc1)[C@@H]1C[C@@H]1c1ccccc1. The third kappa shape index (κ3) is 2.86. The maximum absolute atomic E-state index is 12.3. The van der Waals surface area contributed by atoms with E-state index in [0.29, 0.717) is 23.0 Å². The van der Waals surface area contributed by atoms with Crippen molar-refractivity contribution >= 4 is 11.6 Å². The zero-order valence-electron chi connectivity index (χ0n) is 12.7. The fourth-order valence-corrected chi connectivity index (χ4v) is 2.85. The quantitative estimate of drug-likeness (QED) is 0.773. The molecule has 0 saturated heterocycles. The molecular weight excluding hydrogens is 306 g/mol. The van der Waals surface area contributed by atoms with Gasteiger partial charge >= 0.3 is 5.76 Å². The summed E-state index contributed by atoms with van der Waals surface area (Å²) in [6.45, 7) is 0. The van der Waals surface area contributed by atoms with Gasteiger partial charge in [0, 0.05) is 17.2 Å². The molecule has 0 bridgehead atoms. The molecule has 4 rings (SSSR count). The van der Waals surface area contributed by atoms with Crippen LogP contribution in [0, 0.1) is 5.92 Å². The molecule has 2 N–H and O–H groups in total. The molecule has 0 radical (unpaired) electrons. The Morgan fingerprint density at radius 2 is 1.88 bits per heavy atom. The molecule has 6 nitrogen and oxygen atoms in total. The second kappa shape index (κ2) is 5.81. The van der Waals surface area contributed by atoms with Crippen molar-refractivity contribution in [1.82, 2.24) is 10.1 Å². The van der Waals surface area contributed by atoms with Gasteiger partial charge in [-0.15, -0.1) is 0 Å². The lowest BCUT2D eigenvalue weighted by molar-refractivity contribution is -0.117. The number of anilines is 1.